The topological polar surface area (TPSA) is 66.5 Å². The molecule has 1 aliphatic rings. The standard InChI is InChI=1S/C29H36N2O3/c1-18-21(27(30)32)16-24(31(18)17-20-9-8-10-25(33-6)26(20)34-7)19-11-12-22-23(15-19)29(4,5)14-13-28(22,2)3/h8-12,15-16H,13-14,17H2,1-7H3,(H2,30,32). The lowest BCUT2D eigenvalue weighted by atomic mass is 9.63. The maximum atomic E-state index is 12.3. The number of nitrogens with two attached hydrogens (primary N) is 1. The van der Waals surface area contributed by atoms with Crippen molar-refractivity contribution in [1.29, 1.82) is 0 Å². The maximum absolute atomic E-state index is 12.3. The Morgan fingerprint density at radius 3 is 2.26 bits per heavy atom. The smallest absolute Gasteiger partial charge is 0.250 e. The minimum atomic E-state index is -0.422. The van der Waals surface area contributed by atoms with Crippen molar-refractivity contribution in [3.05, 3.63) is 70.4 Å². The summed E-state index contributed by atoms with van der Waals surface area (Å²) in [5.74, 6) is 0.951. The Hall–Kier alpha value is -3.21. The van der Waals surface area contributed by atoms with Crippen molar-refractivity contribution >= 4 is 5.91 Å². The summed E-state index contributed by atoms with van der Waals surface area (Å²) >= 11 is 0. The van der Waals surface area contributed by atoms with Gasteiger partial charge in [-0.2, -0.15) is 0 Å². The summed E-state index contributed by atoms with van der Waals surface area (Å²) in [5, 5.41) is 0. The van der Waals surface area contributed by atoms with Gasteiger partial charge in [0.05, 0.1) is 26.3 Å². The lowest BCUT2D eigenvalue weighted by Gasteiger charge is -2.42. The minimum Gasteiger partial charge on any atom is -0.493 e. The molecule has 0 bridgehead atoms. The van der Waals surface area contributed by atoms with Gasteiger partial charge in [0.2, 0.25) is 0 Å². The van der Waals surface area contributed by atoms with Gasteiger partial charge >= 0.3 is 0 Å². The van der Waals surface area contributed by atoms with E-state index in [9.17, 15) is 4.79 Å². The number of carbonyl (C=O) groups is 1. The minimum absolute atomic E-state index is 0.0931. The van der Waals surface area contributed by atoms with Crippen molar-refractivity contribution < 1.29 is 14.3 Å². The SMILES string of the molecule is COc1cccc(Cn2c(-c3ccc4c(c3)C(C)(C)CCC4(C)C)cc(C(N)=O)c2C)c1OC. The predicted octanol–water partition coefficient (Wildman–Crippen LogP) is 5.98. The van der Waals surface area contributed by atoms with Crippen LogP contribution in [-0.2, 0) is 17.4 Å². The molecule has 0 spiro atoms. The summed E-state index contributed by atoms with van der Waals surface area (Å²) in [6, 6.07) is 14.5. The molecule has 2 aromatic carbocycles. The number of para-hydroxylation sites is 1. The predicted molar refractivity (Wildman–Crippen MR) is 137 cm³/mol. The zero-order valence-electron chi connectivity index (χ0n) is 21.4. The number of hydrogen-bond donors (Lipinski definition) is 1. The van der Waals surface area contributed by atoms with Crippen molar-refractivity contribution in [3.8, 4) is 22.8 Å². The van der Waals surface area contributed by atoms with Gasteiger partial charge in [0, 0.05) is 17.0 Å². The number of carbonyl (C=O) groups excluding carboxylic acids is 1. The molecule has 1 heterocycles. The van der Waals surface area contributed by atoms with E-state index in [1.165, 1.54) is 17.5 Å². The number of ether oxygens (including phenoxy) is 2. The third-order valence-electron chi connectivity index (χ3n) is 7.59. The lowest BCUT2D eigenvalue weighted by Crippen LogP contribution is -2.33. The van der Waals surface area contributed by atoms with Gasteiger partial charge in [0.1, 0.15) is 0 Å². The number of benzene rings is 2. The molecule has 0 saturated heterocycles. The monoisotopic (exact) mass is 460 g/mol. The highest BCUT2D eigenvalue weighted by Gasteiger charge is 2.37. The summed E-state index contributed by atoms with van der Waals surface area (Å²) in [6.45, 7) is 11.8. The highest BCUT2D eigenvalue weighted by Crippen LogP contribution is 2.47. The third-order valence-corrected chi connectivity index (χ3v) is 7.59. The van der Waals surface area contributed by atoms with Crippen LogP contribution in [0.3, 0.4) is 0 Å². The number of fused-ring (bicyclic) bond motifs is 1. The second-order valence-electron chi connectivity index (χ2n) is 10.7. The number of hydrogen-bond acceptors (Lipinski definition) is 3. The Morgan fingerprint density at radius 2 is 1.65 bits per heavy atom. The highest BCUT2D eigenvalue weighted by atomic mass is 16.5. The fourth-order valence-electron chi connectivity index (χ4n) is 5.33. The molecule has 1 amide bonds. The molecule has 2 N–H and O–H groups in total. The van der Waals surface area contributed by atoms with Gasteiger partial charge in [-0.15, -0.1) is 0 Å². The van der Waals surface area contributed by atoms with E-state index in [4.69, 9.17) is 15.2 Å². The van der Waals surface area contributed by atoms with Crippen molar-refractivity contribution in [3.63, 3.8) is 0 Å². The number of rotatable bonds is 6. The van der Waals surface area contributed by atoms with Gasteiger partial charge in [0.25, 0.3) is 5.91 Å². The van der Waals surface area contributed by atoms with Crippen LogP contribution in [0.2, 0.25) is 0 Å². The van der Waals surface area contributed by atoms with Crippen LogP contribution >= 0.6 is 0 Å². The van der Waals surface area contributed by atoms with Gasteiger partial charge < -0.3 is 19.8 Å². The van der Waals surface area contributed by atoms with Gasteiger partial charge in [-0.1, -0.05) is 52.0 Å². The first-order chi connectivity index (χ1) is 16.0. The summed E-state index contributed by atoms with van der Waals surface area (Å²) in [7, 11) is 3.28. The van der Waals surface area contributed by atoms with Gasteiger partial charge in [-0.05, 0) is 65.5 Å². The fraction of sp³-hybridized carbons (Fsp3) is 0.414. The van der Waals surface area contributed by atoms with E-state index in [-0.39, 0.29) is 10.8 Å². The lowest BCUT2D eigenvalue weighted by molar-refractivity contribution is 0.0999. The van der Waals surface area contributed by atoms with Crippen LogP contribution in [0.1, 0.15) is 73.3 Å². The van der Waals surface area contributed by atoms with Gasteiger partial charge in [-0.25, -0.2) is 0 Å². The maximum Gasteiger partial charge on any atom is 0.250 e. The Kier molecular flexibility index (Phi) is 6.01. The molecule has 0 fully saturated rings. The van der Waals surface area contributed by atoms with E-state index in [2.05, 4.69) is 50.5 Å². The number of nitrogens with zero attached hydrogens (tertiary/aromatic N) is 1. The normalized spacial score (nSPS) is 16.1. The summed E-state index contributed by atoms with van der Waals surface area (Å²) in [5.41, 5.74) is 13.2. The van der Waals surface area contributed by atoms with Crippen molar-refractivity contribution in [2.75, 3.05) is 14.2 Å². The quantitative estimate of drug-likeness (QED) is 0.492. The zero-order chi connectivity index (χ0) is 24.8. The van der Waals surface area contributed by atoms with Crippen LogP contribution in [0.15, 0.2) is 42.5 Å². The first-order valence-electron chi connectivity index (χ1n) is 11.9. The molecule has 34 heavy (non-hydrogen) atoms. The molecule has 5 nitrogen and oxygen atoms in total. The largest absolute Gasteiger partial charge is 0.493 e. The number of primary amides is 1. The average Bonchev–Trinajstić information content (AvgIpc) is 3.13. The van der Waals surface area contributed by atoms with Crippen LogP contribution in [0, 0.1) is 6.92 Å². The molecular formula is C29H36N2O3. The second kappa shape index (κ2) is 8.53. The summed E-state index contributed by atoms with van der Waals surface area (Å²) in [4.78, 5) is 12.3. The Morgan fingerprint density at radius 1 is 0.971 bits per heavy atom. The van der Waals surface area contributed by atoms with Crippen LogP contribution in [-0.4, -0.2) is 24.7 Å². The van der Waals surface area contributed by atoms with Crippen molar-refractivity contribution in [2.45, 2.75) is 64.8 Å². The van der Waals surface area contributed by atoms with Crippen LogP contribution in [0.25, 0.3) is 11.3 Å². The number of aromatic nitrogens is 1. The van der Waals surface area contributed by atoms with Gasteiger partial charge in [0.15, 0.2) is 11.5 Å². The van der Waals surface area contributed by atoms with E-state index >= 15 is 0 Å². The number of methoxy groups -OCH3 is 2. The second-order valence-corrected chi connectivity index (χ2v) is 10.7. The fourth-order valence-corrected chi connectivity index (χ4v) is 5.33. The van der Waals surface area contributed by atoms with E-state index < -0.39 is 5.91 Å². The molecule has 4 rings (SSSR count). The molecule has 3 aromatic rings. The third kappa shape index (κ3) is 3.97. The molecule has 0 unspecified atom stereocenters. The molecule has 0 aliphatic heterocycles. The summed E-state index contributed by atoms with van der Waals surface area (Å²) < 4.78 is 13.3. The number of amides is 1. The molecule has 1 aliphatic carbocycles. The van der Waals surface area contributed by atoms with E-state index in [0.717, 1.165) is 28.9 Å². The zero-order valence-corrected chi connectivity index (χ0v) is 21.4. The molecule has 0 saturated carbocycles. The first kappa shape index (κ1) is 23.9. The average molecular weight is 461 g/mol. The summed E-state index contributed by atoms with van der Waals surface area (Å²) in [6.07, 6.45) is 2.31. The molecule has 1 aromatic heterocycles. The molecule has 0 atom stereocenters. The molecule has 180 valence electrons. The van der Waals surface area contributed by atoms with Crippen LogP contribution in [0.5, 0.6) is 11.5 Å². The Balaban J connectivity index is 1.90. The molecule has 0 radical (unpaired) electrons. The van der Waals surface area contributed by atoms with Crippen LogP contribution in [0.4, 0.5) is 0 Å². The van der Waals surface area contributed by atoms with E-state index in [1.807, 2.05) is 31.2 Å². The Bertz CT molecular complexity index is 1250. The first-order valence-corrected chi connectivity index (χ1v) is 11.9. The van der Waals surface area contributed by atoms with E-state index in [0.29, 0.717) is 23.6 Å². The van der Waals surface area contributed by atoms with E-state index in [1.54, 1.807) is 14.2 Å². The molecular weight excluding hydrogens is 424 g/mol. The van der Waals surface area contributed by atoms with Crippen molar-refractivity contribution in [1.82, 2.24) is 4.57 Å². The van der Waals surface area contributed by atoms with Gasteiger partial charge in [-0.3, -0.25) is 4.79 Å². The van der Waals surface area contributed by atoms with Crippen molar-refractivity contribution in [2.24, 2.45) is 5.73 Å². The molecule has 5 heteroatoms. The van der Waals surface area contributed by atoms with Crippen LogP contribution < -0.4 is 15.2 Å². The Labute approximate surface area is 202 Å². The highest BCUT2D eigenvalue weighted by molar-refractivity contribution is 5.95.